The molecule has 0 aliphatic carbocycles. The number of amides is 1. The van der Waals surface area contributed by atoms with Crippen LogP contribution in [0.2, 0.25) is 0 Å². The van der Waals surface area contributed by atoms with Crippen molar-refractivity contribution in [1.29, 1.82) is 0 Å². The fourth-order valence-corrected chi connectivity index (χ4v) is 7.16. The summed E-state index contributed by atoms with van der Waals surface area (Å²) in [5, 5.41) is 5.22. The lowest BCUT2D eigenvalue weighted by atomic mass is 10.2. The number of nitrogens with zero attached hydrogens (tertiary/aromatic N) is 3. The van der Waals surface area contributed by atoms with E-state index < -0.39 is 37.8 Å². The van der Waals surface area contributed by atoms with Crippen molar-refractivity contribution in [1.82, 2.24) is 8.87 Å². The molecule has 180 valence electrons. The van der Waals surface area contributed by atoms with Gasteiger partial charge in [-0.2, -0.15) is 9.30 Å². The summed E-state index contributed by atoms with van der Waals surface area (Å²) in [7, 11) is -7.94. The number of allylic oxidation sites excluding steroid dienone is 1. The number of nitrogens with two attached hydrogens (primary N) is 1. The van der Waals surface area contributed by atoms with E-state index >= 15 is 0 Å². The van der Waals surface area contributed by atoms with Crippen LogP contribution in [0.4, 0.5) is 4.39 Å². The van der Waals surface area contributed by atoms with Crippen LogP contribution in [0, 0.1) is 5.82 Å². The van der Waals surface area contributed by atoms with Crippen LogP contribution in [-0.2, 0) is 31.4 Å². The molecular formula is C21H21FN4O5S3. The Bertz CT molecular complexity index is 1560. The smallest absolute Gasteiger partial charge is 0.266 e. The van der Waals surface area contributed by atoms with Crippen molar-refractivity contribution < 1.29 is 26.0 Å². The highest BCUT2D eigenvalue weighted by Crippen LogP contribution is 2.27. The topological polar surface area (TPSA) is 132 Å². The van der Waals surface area contributed by atoms with Crippen molar-refractivity contribution in [3.05, 3.63) is 65.7 Å². The lowest BCUT2D eigenvalue weighted by Crippen LogP contribution is -2.40. The maximum atomic E-state index is 13.3. The maximum absolute atomic E-state index is 13.3. The number of carbonyl (C=O) groups excluding carboxylic acids is 1. The van der Waals surface area contributed by atoms with Crippen molar-refractivity contribution in [3.63, 3.8) is 0 Å². The Morgan fingerprint density at radius 3 is 2.50 bits per heavy atom. The summed E-state index contributed by atoms with van der Waals surface area (Å²) < 4.78 is 66.2. The van der Waals surface area contributed by atoms with Gasteiger partial charge in [0.2, 0.25) is 20.0 Å². The maximum Gasteiger partial charge on any atom is 0.266 e. The normalized spacial score (nSPS) is 17.9. The molecule has 0 radical (unpaired) electrons. The van der Waals surface area contributed by atoms with E-state index in [0.717, 1.165) is 39.9 Å². The fraction of sp³-hybridized carbons (Fsp3) is 0.238. The minimum Gasteiger partial charge on any atom is -0.313 e. The van der Waals surface area contributed by atoms with Crippen LogP contribution < -0.4 is 9.94 Å². The van der Waals surface area contributed by atoms with E-state index in [1.165, 1.54) is 12.1 Å². The van der Waals surface area contributed by atoms with Crippen LogP contribution in [0.5, 0.6) is 0 Å². The van der Waals surface area contributed by atoms with E-state index in [2.05, 4.69) is 11.6 Å². The van der Waals surface area contributed by atoms with Crippen molar-refractivity contribution in [2.24, 2.45) is 10.1 Å². The summed E-state index contributed by atoms with van der Waals surface area (Å²) in [6.07, 6.45) is 2.37. The van der Waals surface area contributed by atoms with Crippen molar-refractivity contribution in [2.75, 3.05) is 6.54 Å². The van der Waals surface area contributed by atoms with Crippen LogP contribution in [0.3, 0.4) is 0 Å². The monoisotopic (exact) mass is 524 g/mol. The number of aromatic nitrogens is 1. The molecule has 13 heteroatoms. The Hall–Kier alpha value is -2.71. The Balaban J connectivity index is 1.75. The van der Waals surface area contributed by atoms with Crippen LogP contribution >= 0.6 is 11.3 Å². The van der Waals surface area contributed by atoms with Gasteiger partial charge in [0.1, 0.15) is 11.9 Å². The van der Waals surface area contributed by atoms with Crippen molar-refractivity contribution >= 4 is 47.5 Å². The van der Waals surface area contributed by atoms with E-state index in [1.807, 2.05) is 0 Å². The number of primary sulfonamides is 1. The summed E-state index contributed by atoms with van der Waals surface area (Å²) in [6, 6.07) is 7.76. The minimum absolute atomic E-state index is 0.0720. The molecule has 1 atom stereocenters. The summed E-state index contributed by atoms with van der Waals surface area (Å²) in [5.74, 6) is -1.20. The summed E-state index contributed by atoms with van der Waals surface area (Å²) in [6.45, 7) is 4.14. The Morgan fingerprint density at radius 1 is 1.18 bits per heavy atom. The van der Waals surface area contributed by atoms with Gasteiger partial charge in [0.25, 0.3) is 5.91 Å². The van der Waals surface area contributed by atoms with Crippen molar-refractivity contribution in [2.45, 2.75) is 35.2 Å². The average Bonchev–Trinajstić information content (AvgIpc) is 3.39. The van der Waals surface area contributed by atoms with Gasteiger partial charge in [0, 0.05) is 13.1 Å². The highest BCUT2D eigenvalue weighted by Gasteiger charge is 2.39. The molecule has 3 aromatic rings. The third-order valence-corrected chi connectivity index (χ3v) is 9.28. The predicted molar refractivity (Wildman–Crippen MR) is 125 cm³/mol. The van der Waals surface area contributed by atoms with E-state index in [-0.39, 0.29) is 21.1 Å². The quantitative estimate of drug-likeness (QED) is 0.493. The fourth-order valence-electron chi connectivity index (χ4n) is 3.81. The van der Waals surface area contributed by atoms with Gasteiger partial charge in [-0.25, -0.2) is 26.4 Å². The molecular weight excluding hydrogens is 503 g/mol. The highest BCUT2D eigenvalue weighted by molar-refractivity contribution is 7.89. The number of carbonyl (C=O) groups is 1. The standard InChI is InChI=1S/C21H21FN4O5S3/c1-2-11-25-17-10-9-16(33(23,28)29)13-19(17)32-21(25)24-20(27)18-4-3-12-26(18)34(30,31)15-7-5-14(22)6-8-15/h2,5-10,13,18H,1,3-4,11-12H2,(H2,23,28,29). The summed E-state index contributed by atoms with van der Waals surface area (Å²) in [5.41, 5.74) is 0.631. The first-order chi connectivity index (χ1) is 16.0. The number of halogens is 1. The van der Waals surface area contributed by atoms with Gasteiger partial charge in [-0.05, 0) is 55.3 Å². The molecule has 1 saturated heterocycles. The molecule has 1 amide bonds. The molecule has 1 aliphatic rings. The van der Waals surface area contributed by atoms with Crippen LogP contribution in [0.25, 0.3) is 10.2 Å². The third kappa shape index (κ3) is 4.61. The van der Waals surface area contributed by atoms with Crippen molar-refractivity contribution in [3.8, 4) is 0 Å². The number of fused-ring (bicyclic) bond motifs is 1. The van der Waals surface area contributed by atoms with Crippen LogP contribution in [0.1, 0.15) is 12.8 Å². The minimum atomic E-state index is -4.02. The first-order valence-corrected chi connectivity index (χ1v) is 14.0. The number of benzene rings is 2. The van der Waals surface area contributed by atoms with Crippen LogP contribution in [0.15, 0.2) is 69.9 Å². The van der Waals surface area contributed by atoms with Crippen LogP contribution in [-0.4, -0.2) is 44.2 Å². The third-order valence-electron chi connectivity index (χ3n) is 5.41. The number of hydrogen-bond acceptors (Lipinski definition) is 6. The lowest BCUT2D eigenvalue weighted by Gasteiger charge is -2.21. The SMILES string of the molecule is C=CCn1c(=NC(=O)C2CCCN2S(=O)(=O)c2ccc(F)cc2)sc2cc(S(N)(=O)=O)ccc21. The average molecular weight is 525 g/mol. The molecule has 4 rings (SSSR count). The predicted octanol–water partition coefficient (Wildman–Crippen LogP) is 1.96. The largest absolute Gasteiger partial charge is 0.313 e. The molecule has 0 saturated carbocycles. The number of rotatable bonds is 6. The Morgan fingerprint density at radius 2 is 1.85 bits per heavy atom. The number of thiazole rings is 1. The first-order valence-electron chi connectivity index (χ1n) is 10.2. The second-order valence-electron chi connectivity index (χ2n) is 7.64. The molecule has 34 heavy (non-hydrogen) atoms. The molecule has 2 heterocycles. The first kappa shape index (κ1) is 24.4. The van der Waals surface area contributed by atoms with Gasteiger partial charge in [-0.1, -0.05) is 17.4 Å². The molecule has 0 spiro atoms. The molecule has 9 nitrogen and oxygen atoms in total. The highest BCUT2D eigenvalue weighted by atomic mass is 32.2. The zero-order valence-corrected chi connectivity index (χ0v) is 20.2. The zero-order valence-electron chi connectivity index (χ0n) is 17.8. The molecule has 2 N–H and O–H groups in total. The van der Waals surface area contributed by atoms with E-state index in [1.54, 1.807) is 16.7 Å². The molecule has 1 aliphatic heterocycles. The molecule has 1 aromatic heterocycles. The lowest BCUT2D eigenvalue weighted by molar-refractivity contribution is -0.121. The Kier molecular flexibility index (Phi) is 6.57. The van der Waals surface area contributed by atoms with E-state index in [4.69, 9.17) is 5.14 Å². The summed E-state index contributed by atoms with van der Waals surface area (Å²) in [4.78, 5) is 17.4. The molecule has 0 bridgehead atoms. The number of hydrogen-bond donors (Lipinski definition) is 1. The van der Waals surface area contributed by atoms with Gasteiger partial charge >= 0.3 is 0 Å². The molecule has 2 aromatic carbocycles. The van der Waals surface area contributed by atoms with Gasteiger partial charge in [-0.3, -0.25) is 4.79 Å². The second-order valence-corrected chi connectivity index (χ2v) is 12.1. The molecule has 1 fully saturated rings. The molecule has 1 unspecified atom stereocenters. The van der Waals surface area contributed by atoms with Gasteiger partial charge in [-0.15, -0.1) is 6.58 Å². The number of sulfonamides is 2. The Labute approximate surface area is 199 Å². The zero-order chi connectivity index (χ0) is 24.7. The van der Waals surface area contributed by atoms with Gasteiger partial charge in [0.15, 0.2) is 4.80 Å². The summed E-state index contributed by atoms with van der Waals surface area (Å²) >= 11 is 1.09. The van der Waals surface area contributed by atoms with E-state index in [0.29, 0.717) is 29.6 Å². The second kappa shape index (κ2) is 9.15. The van der Waals surface area contributed by atoms with Gasteiger partial charge in [0.05, 0.1) is 20.0 Å². The van der Waals surface area contributed by atoms with Gasteiger partial charge < -0.3 is 4.57 Å². The van der Waals surface area contributed by atoms with E-state index in [9.17, 15) is 26.0 Å².